The molecule has 8 heteroatoms. The van der Waals surface area contributed by atoms with E-state index in [0.29, 0.717) is 11.4 Å². The zero-order chi connectivity index (χ0) is 12.8. The van der Waals surface area contributed by atoms with Crippen LogP contribution in [0, 0.1) is 0 Å². The van der Waals surface area contributed by atoms with Crippen molar-refractivity contribution in [2.24, 2.45) is 10.2 Å². The van der Waals surface area contributed by atoms with Gasteiger partial charge in [-0.25, -0.2) is 0 Å². The molecule has 0 spiro atoms. The molecule has 0 fully saturated rings. The smallest absolute Gasteiger partial charge is 1.00 e. The van der Waals surface area contributed by atoms with Gasteiger partial charge in [0.2, 0.25) is 0 Å². The summed E-state index contributed by atoms with van der Waals surface area (Å²) in [6, 6.07) is 14.4. The zero-order valence-electron chi connectivity index (χ0n) is 13.3. The fourth-order valence-electron chi connectivity index (χ4n) is 1.60. The first-order valence-corrected chi connectivity index (χ1v) is 5.14. The number of hydrogen-bond acceptors (Lipinski definition) is 2. The molecule has 0 radical (unpaired) electrons. The molecule has 90 valence electrons. The average molecular weight is 284 g/mol. The van der Waals surface area contributed by atoms with Crippen LogP contribution in [0.4, 0.5) is 11.4 Å². The van der Waals surface area contributed by atoms with Crippen molar-refractivity contribution in [3.63, 3.8) is 0 Å². The topological polar surface area (TPSA) is 97.5 Å². The van der Waals surface area contributed by atoms with Crippen LogP contribution in [0.1, 0.15) is 2.85 Å². The van der Waals surface area contributed by atoms with Crippen LogP contribution >= 0.6 is 0 Å². The van der Waals surface area contributed by atoms with Crippen molar-refractivity contribution in [3.05, 3.63) is 69.4 Å². The molecule has 0 bridgehead atoms. The number of hydrogen-bond donors (Lipinski definition) is 0. The molecular formula is C12H10N6Na2. The molecule has 0 aromatic heterocycles. The number of benzene rings is 2. The van der Waals surface area contributed by atoms with Crippen molar-refractivity contribution in [2.45, 2.75) is 0 Å². The third-order valence-electron chi connectivity index (χ3n) is 2.35. The molecule has 0 amide bonds. The van der Waals surface area contributed by atoms with E-state index in [1.807, 2.05) is 12.1 Å². The Kier molecular flexibility index (Phi) is 9.42. The third kappa shape index (κ3) is 5.21. The van der Waals surface area contributed by atoms with Crippen molar-refractivity contribution in [3.8, 4) is 11.1 Å². The fourth-order valence-corrected chi connectivity index (χ4v) is 1.60. The number of rotatable bonds is 3. The molecule has 0 saturated heterocycles. The molecule has 6 nitrogen and oxygen atoms in total. The molecule has 20 heavy (non-hydrogen) atoms. The SMILES string of the molecule is [H-].[H-].[N-]=[N+]=Nc1cccc(-c2cccc(N=[N+]=[N-])c2)c1.[Na+].[Na+]. The minimum atomic E-state index is 0. The summed E-state index contributed by atoms with van der Waals surface area (Å²) in [5.41, 5.74) is 19.7. The maximum Gasteiger partial charge on any atom is 1.00 e. The molecule has 0 unspecified atom stereocenters. The van der Waals surface area contributed by atoms with Gasteiger partial charge >= 0.3 is 59.1 Å². The molecule has 0 heterocycles. The van der Waals surface area contributed by atoms with Crippen molar-refractivity contribution < 1.29 is 62.0 Å². The molecule has 0 aliphatic rings. The van der Waals surface area contributed by atoms with E-state index in [9.17, 15) is 0 Å². The summed E-state index contributed by atoms with van der Waals surface area (Å²) in [6.45, 7) is 0. The number of azide groups is 2. The van der Waals surface area contributed by atoms with Crippen LogP contribution in [0.3, 0.4) is 0 Å². The van der Waals surface area contributed by atoms with E-state index in [4.69, 9.17) is 11.1 Å². The summed E-state index contributed by atoms with van der Waals surface area (Å²) >= 11 is 0. The van der Waals surface area contributed by atoms with Crippen molar-refractivity contribution in [2.75, 3.05) is 0 Å². The van der Waals surface area contributed by atoms with Gasteiger partial charge in [0, 0.05) is 21.2 Å². The van der Waals surface area contributed by atoms with E-state index in [-0.39, 0.29) is 62.0 Å². The summed E-state index contributed by atoms with van der Waals surface area (Å²) in [5, 5.41) is 7.10. The van der Waals surface area contributed by atoms with Crippen LogP contribution in [-0.2, 0) is 0 Å². The van der Waals surface area contributed by atoms with Gasteiger partial charge in [-0.3, -0.25) is 0 Å². The van der Waals surface area contributed by atoms with Crippen LogP contribution in [-0.4, -0.2) is 0 Å². The summed E-state index contributed by atoms with van der Waals surface area (Å²) in [7, 11) is 0. The second kappa shape index (κ2) is 9.88. The third-order valence-corrected chi connectivity index (χ3v) is 2.35. The molecule has 0 aliphatic carbocycles. The first kappa shape index (κ1) is 19.1. The molecule has 0 aliphatic heterocycles. The van der Waals surface area contributed by atoms with Gasteiger partial charge in [0.05, 0.1) is 0 Å². The van der Waals surface area contributed by atoms with Gasteiger partial charge < -0.3 is 2.85 Å². The summed E-state index contributed by atoms with van der Waals surface area (Å²) in [6.07, 6.45) is 0. The molecular weight excluding hydrogens is 274 g/mol. The molecule has 2 aromatic carbocycles. The van der Waals surface area contributed by atoms with Gasteiger partial charge in [0.25, 0.3) is 0 Å². The Bertz CT molecular complexity index is 625. The number of nitrogens with zero attached hydrogens (tertiary/aromatic N) is 6. The van der Waals surface area contributed by atoms with Gasteiger partial charge in [-0.2, -0.15) is 0 Å². The molecule has 2 rings (SSSR count). The van der Waals surface area contributed by atoms with E-state index < -0.39 is 0 Å². The van der Waals surface area contributed by atoms with E-state index in [2.05, 4.69) is 20.1 Å². The fraction of sp³-hybridized carbons (Fsp3) is 0. The van der Waals surface area contributed by atoms with Gasteiger partial charge in [-0.1, -0.05) is 46.6 Å². The zero-order valence-corrected chi connectivity index (χ0v) is 15.3. The van der Waals surface area contributed by atoms with Gasteiger partial charge in [-0.15, -0.1) is 0 Å². The van der Waals surface area contributed by atoms with Gasteiger partial charge in [0.15, 0.2) is 0 Å². The van der Waals surface area contributed by atoms with Crippen molar-refractivity contribution >= 4 is 11.4 Å². The second-order valence-corrected chi connectivity index (χ2v) is 3.48. The second-order valence-electron chi connectivity index (χ2n) is 3.48. The Morgan fingerprint density at radius 2 is 1.15 bits per heavy atom. The minimum Gasteiger partial charge on any atom is -1.00 e. The average Bonchev–Trinajstić information content (AvgIpc) is 2.40. The van der Waals surface area contributed by atoms with E-state index in [0.717, 1.165) is 11.1 Å². The van der Waals surface area contributed by atoms with E-state index in [1.165, 1.54) is 0 Å². The predicted octanol–water partition coefficient (Wildman–Crippen LogP) is -0.530. The maximum absolute atomic E-state index is 8.40. The van der Waals surface area contributed by atoms with Crippen molar-refractivity contribution in [1.82, 2.24) is 0 Å². The van der Waals surface area contributed by atoms with Crippen LogP contribution in [0.25, 0.3) is 32.0 Å². The quantitative estimate of drug-likeness (QED) is 0.313. The molecule has 0 N–H and O–H groups in total. The van der Waals surface area contributed by atoms with Crippen LogP contribution in [0.5, 0.6) is 0 Å². The Morgan fingerprint density at radius 3 is 1.50 bits per heavy atom. The first-order valence-electron chi connectivity index (χ1n) is 5.14. The monoisotopic (exact) mass is 284 g/mol. The van der Waals surface area contributed by atoms with Gasteiger partial charge in [0.1, 0.15) is 0 Å². The standard InChI is InChI=1S/C12H8N6.2Na.2H/c13-17-15-11-5-1-3-9(7-11)10-4-2-6-12(8-10)16-18-14;;;;/h1-8H;;;;/q;2*+1;2*-1. The van der Waals surface area contributed by atoms with Crippen molar-refractivity contribution in [1.29, 1.82) is 0 Å². The molecule has 2 aromatic rings. The minimum absolute atomic E-state index is 0. The summed E-state index contributed by atoms with van der Waals surface area (Å²) < 4.78 is 0. The summed E-state index contributed by atoms with van der Waals surface area (Å²) in [4.78, 5) is 5.49. The van der Waals surface area contributed by atoms with E-state index >= 15 is 0 Å². The van der Waals surface area contributed by atoms with Crippen LogP contribution in [0.15, 0.2) is 58.8 Å². The summed E-state index contributed by atoms with van der Waals surface area (Å²) in [5.74, 6) is 0. The molecule has 0 saturated carbocycles. The largest absolute Gasteiger partial charge is 1.00 e. The van der Waals surface area contributed by atoms with Crippen LogP contribution in [0.2, 0.25) is 0 Å². The van der Waals surface area contributed by atoms with Gasteiger partial charge in [-0.05, 0) is 34.3 Å². The van der Waals surface area contributed by atoms with Crippen LogP contribution < -0.4 is 59.1 Å². The maximum atomic E-state index is 8.40. The Labute approximate surface area is 163 Å². The Hall–Kier alpha value is -0.940. The normalized spacial score (nSPS) is 8.20. The Morgan fingerprint density at radius 1 is 0.750 bits per heavy atom. The predicted molar refractivity (Wildman–Crippen MR) is 71.7 cm³/mol. The Balaban J connectivity index is -0.000000902. The molecule has 0 atom stereocenters. The van der Waals surface area contributed by atoms with E-state index in [1.54, 1.807) is 36.4 Å². The first-order chi connectivity index (χ1) is 8.83.